The molecule has 0 unspecified atom stereocenters. The molecule has 0 aliphatic heterocycles. The Morgan fingerprint density at radius 3 is 2.55 bits per heavy atom. The first kappa shape index (κ1) is 18.1. The minimum Gasteiger partial charge on any atom is -0.507 e. The third-order valence-electron chi connectivity index (χ3n) is 3.32. The maximum Gasteiger partial charge on any atom is 0.339 e. The monoisotopic (exact) mass is 320 g/mol. The maximum atomic E-state index is 11.2. The van der Waals surface area contributed by atoms with Gasteiger partial charge in [-0.25, -0.2) is 4.79 Å². The molecule has 1 aromatic carbocycles. The molecule has 1 rings (SSSR count). The van der Waals surface area contributed by atoms with E-state index in [0.717, 1.165) is 30.4 Å². The number of allylic oxidation sites excluding steroid dienone is 3. The second-order valence-corrected chi connectivity index (χ2v) is 5.38. The van der Waals surface area contributed by atoms with Crippen molar-refractivity contribution in [2.24, 2.45) is 0 Å². The molecular weight excluding hydrogens is 300 g/mol. The molecule has 0 spiro atoms. The zero-order valence-corrected chi connectivity index (χ0v) is 13.7. The van der Waals surface area contributed by atoms with E-state index >= 15 is 0 Å². The fraction of sp³-hybridized carbons (Fsp3) is 0.278. The first-order valence-electron chi connectivity index (χ1n) is 7.19. The second kappa shape index (κ2) is 8.44. The molecule has 0 radical (unpaired) electrons. The fourth-order valence-electron chi connectivity index (χ4n) is 1.98. The van der Waals surface area contributed by atoms with Crippen LogP contribution in [0.2, 0.25) is 5.02 Å². The highest BCUT2D eigenvalue weighted by Gasteiger charge is 2.13. The predicted molar refractivity (Wildman–Crippen MR) is 91.2 cm³/mol. The number of hydrogen-bond acceptors (Lipinski definition) is 2. The van der Waals surface area contributed by atoms with Crippen LogP contribution in [0.5, 0.6) is 0 Å². The molecule has 0 aromatic heterocycles. The quantitative estimate of drug-likeness (QED) is 0.414. The zero-order valence-electron chi connectivity index (χ0n) is 12.9. The highest BCUT2D eigenvalue weighted by molar-refractivity contribution is 6.31. The molecule has 2 N–H and O–H groups in total. The van der Waals surface area contributed by atoms with Crippen molar-refractivity contribution in [2.75, 3.05) is 0 Å². The van der Waals surface area contributed by atoms with Crippen molar-refractivity contribution in [1.29, 1.82) is 0 Å². The molecule has 0 saturated carbocycles. The second-order valence-electron chi connectivity index (χ2n) is 4.97. The summed E-state index contributed by atoms with van der Waals surface area (Å²) < 4.78 is 0. The van der Waals surface area contributed by atoms with Crippen LogP contribution in [0.15, 0.2) is 48.3 Å². The van der Waals surface area contributed by atoms with E-state index in [4.69, 9.17) is 16.7 Å². The summed E-state index contributed by atoms with van der Waals surface area (Å²) >= 11 is 6.26. The van der Waals surface area contributed by atoms with Gasteiger partial charge in [-0.1, -0.05) is 43.7 Å². The predicted octanol–water partition coefficient (Wildman–Crippen LogP) is 5.17. The largest absolute Gasteiger partial charge is 0.507 e. The number of aliphatic hydroxyl groups is 1. The van der Waals surface area contributed by atoms with Crippen LogP contribution in [0, 0.1) is 0 Å². The number of carboxylic acids is 1. The Labute approximate surface area is 136 Å². The van der Waals surface area contributed by atoms with Gasteiger partial charge in [-0.15, -0.1) is 0 Å². The lowest BCUT2D eigenvalue weighted by Gasteiger charge is -2.08. The molecule has 0 aliphatic carbocycles. The van der Waals surface area contributed by atoms with Gasteiger partial charge >= 0.3 is 5.97 Å². The van der Waals surface area contributed by atoms with Crippen molar-refractivity contribution in [2.45, 2.75) is 33.1 Å². The average molecular weight is 321 g/mol. The number of halogens is 1. The number of unbranched alkanes of at least 4 members (excludes halogenated alkanes) is 1. The summed E-state index contributed by atoms with van der Waals surface area (Å²) in [6.07, 6.45) is 5.75. The van der Waals surface area contributed by atoms with E-state index in [1.807, 2.05) is 12.1 Å². The van der Waals surface area contributed by atoms with Gasteiger partial charge < -0.3 is 10.2 Å². The summed E-state index contributed by atoms with van der Waals surface area (Å²) in [5.74, 6) is -1.50. The number of aliphatic hydroxyl groups excluding tert-OH is 1. The lowest BCUT2D eigenvalue weighted by Crippen LogP contribution is -2.03. The van der Waals surface area contributed by atoms with Crippen LogP contribution < -0.4 is 0 Å². The first-order chi connectivity index (χ1) is 10.4. The Kier molecular flexibility index (Phi) is 6.93. The number of aryl methyl sites for hydroxylation is 1. The van der Waals surface area contributed by atoms with Gasteiger partial charge in [-0.3, -0.25) is 0 Å². The summed E-state index contributed by atoms with van der Waals surface area (Å²) in [4.78, 5) is 11.2. The fourth-order valence-corrected chi connectivity index (χ4v) is 2.25. The van der Waals surface area contributed by atoms with Crippen LogP contribution in [-0.2, 0) is 11.2 Å². The summed E-state index contributed by atoms with van der Waals surface area (Å²) in [6, 6.07) is 5.57. The molecule has 3 nitrogen and oxygen atoms in total. The Balaban J connectivity index is 3.07. The molecule has 4 heteroatoms. The smallest absolute Gasteiger partial charge is 0.339 e. The van der Waals surface area contributed by atoms with E-state index < -0.39 is 5.97 Å². The van der Waals surface area contributed by atoms with Gasteiger partial charge in [-0.2, -0.15) is 0 Å². The van der Waals surface area contributed by atoms with Crippen LogP contribution in [0.4, 0.5) is 0 Å². The highest BCUT2D eigenvalue weighted by Crippen LogP contribution is 2.25. The van der Waals surface area contributed by atoms with Crippen molar-refractivity contribution in [3.63, 3.8) is 0 Å². The van der Waals surface area contributed by atoms with Crippen molar-refractivity contribution < 1.29 is 15.0 Å². The summed E-state index contributed by atoms with van der Waals surface area (Å²) in [6.45, 7) is 7.54. The summed E-state index contributed by atoms with van der Waals surface area (Å²) in [5.41, 5.74) is 2.08. The molecule has 0 heterocycles. The van der Waals surface area contributed by atoms with Crippen molar-refractivity contribution in [1.82, 2.24) is 0 Å². The van der Waals surface area contributed by atoms with Crippen LogP contribution in [0.1, 0.15) is 37.8 Å². The number of carboxylic acid groups (broad SMARTS) is 1. The maximum absolute atomic E-state index is 11.2. The molecule has 0 aliphatic rings. The minimum atomic E-state index is -1.21. The van der Waals surface area contributed by atoms with Crippen LogP contribution in [0.3, 0.4) is 0 Å². The third-order valence-corrected chi connectivity index (χ3v) is 3.67. The van der Waals surface area contributed by atoms with Crippen LogP contribution >= 0.6 is 11.6 Å². The Morgan fingerprint density at radius 2 is 2.05 bits per heavy atom. The van der Waals surface area contributed by atoms with E-state index in [2.05, 4.69) is 13.5 Å². The molecule has 0 amide bonds. The average Bonchev–Trinajstić information content (AvgIpc) is 2.50. The van der Waals surface area contributed by atoms with E-state index in [0.29, 0.717) is 10.6 Å². The third kappa shape index (κ3) is 4.78. The summed E-state index contributed by atoms with van der Waals surface area (Å²) in [7, 11) is 0. The first-order valence-corrected chi connectivity index (χ1v) is 7.56. The molecule has 1 aromatic rings. The van der Waals surface area contributed by atoms with Gasteiger partial charge in [0.25, 0.3) is 0 Å². The van der Waals surface area contributed by atoms with E-state index in [1.165, 1.54) is 12.2 Å². The van der Waals surface area contributed by atoms with E-state index in [9.17, 15) is 9.90 Å². The van der Waals surface area contributed by atoms with Crippen LogP contribution in [-0.4, -0.2) is 16.2 Å². The van der Waals surface area contributed by atoms with Crippen LogP contribution in [0.25, 0.3) is 5.57 Å². The number of benzene rings is 1. The zero-order chi connectivity index (χ0) is 16.7. The lowest BCUT2D eigenvalue weighted by atomic mass is 10.0. The molecule has 22 heavy (non-hydrogen) atoms. The topological polar surface area (TPSA) is 57.5 Å². The van der Waals surface area contributed by atoms with Crippen molar-refractivity contribution in [3.05, 3.63) is 64.4 Å². The van der Waals surface area contributed by atoms with E-state index in [1.54, 1.807) is 13.0 Å². The molecule has 0 fully saturated rings. The lowest BCUT2D eigenvalue weighted by molar-refractivity contribution is -0.132. The number of rotatable bonds is 7. The van der Waals surface area contributed by atoms with Crippen molar-refractivity contribution in [3.8, 4) is 0 Å². The van der Waals surface area contributed by atoms with Gasteiger partial charge in [0, 0.05) is 5.02 Å². The standard InChI is InChI=1S/C18H21ClO3/c1-4-6-7-13-8-9-14(11-16(13)19)12(3)10-15(18(21)22)17(20)5-2/h5,8-11,20H,3-4,6-7H2,1-2H3,(H,21,22)/b15-10+,17-5+. The van der Waals surface area contributed by atoms with Gasteiger partial charge in [0.2, 0.25) is 0 Å². The van der Waals surface area contributed by atoms with Gasteiger partial charge in [0.05, 0.1) is 0 Å². The number of hydrogen-bond donors (Lipinski definition) is 2. The normalized spacial score (nSPS) is 12.3. The molecule has 0 bridgehead atoms. The van der Waals surface area contributed by atoms with Gasteiger partial charge in [-0.05, 0) is 54.7 Å². The van der Waals surface area contributed by atoms with E-state index in [-0.39, 0.29) is 11.3 Å². The Bertz CT molecular complexity index is 627. The molecule has 0 atom stereocenters. The molecular formula is C18H21ClO3. The van der Waals surface area contributed by atoms with Gasteiger partial charge in [0.1, 0.15) is 11.3 Å². The highest BCUT2D eigenvalue weighted by atomic mass is 35.5. The van der Waals surface area contributed by atoms with Crippen molar-refractivity contribution >= 4 is 23.1 Å². The SMILES string of the molecule is C=C(/C=C(C(=O)O)\C(O)=C/C)c1ccc(CCCC)c(Cl)c1. The van der Waals surface area contributed by atoms with Gasteiger partial charge in [0.15, 0.2) is 0 Å². The summed E-state index contributed by atoms with van der Waals surface area (Å²) in [5, 5.41) is 19.4. The number of aliphatic carboxylic acids is 1. The molecule has 118 valence electrons. The molecule has 0 saturated heterocycles. The Hall–Kier alpha value is -2.00. The minimum absolute atomic E-state index is 0.196. The number of carbonyl (C=O) groups is 1. The Morgan fingerprint density at radius 1 is 1.36 bits per heavy atom.